The highest BCUT2D eigenvalue weighted by atomic mass is 14.3. The summed E-state index contributed by atoms with van der Waals surface area (Å²) in [6.45, 7) is 4.55. The molecule has 0 heteroatoms. The van der Waals surface area contributed by atoms with E-state index in [9.17, 15) is 0 Å². The molecule has 3 aliphatic carbocycles. The predicted octanol–water partition coefficient (Wildman–Crippen LogP) is 5.09. The normalized spacial score (nSPS) is 20.9. The summed E-state index contributed by atoms with van der Waals surface area (Å²) in [5.41, 5.74) is 7.12. The summed E-state index contributed by atoms with van der Waals surface area (Å²) in [5.74, 6) is 0.716. The molecule has 0 aromatic heterocycles. The maximum Gasteiger partial charge on any atom is 0.0365 e. The highest BCUT2D eigenvalue weighted by molar-refractivity contribution is 5.97. The van der Waals surface area contributed by atoms with Crippen LogP contribution in [0.4, 0.5) is 0 Å². The Morgan fingerprint density at radius 3 is 2.69 bits per heavy atom. The van der Waals surface area contributed by atoms with Gasteiger partial charge in [0, 0.05) is 10.8 Å². The zero-order valence-corrected chi connectivity index (χ0v) is 15.7. The average Bonchev–Trinajstić information content (AvgIpc) is 2.71. The molecular formula is C26H24. The molecule has 128 valence electrons. The fourth-order valence-corrected chi connectivity index (χ4v) is 4.99. The number of hydrogen-bond donors (Lipinski definition) is 0. The van der Waals surface area contributed by atoms with Crippen molar-refractivity contribution < 1.29 is 0 Å². The second-order valence-electron chi connectivity index (χ2n) is 7.88. The Labute approximate surface area is 155 Å². The van der Waals surface area contributed by atoms with E-state index in [0.717, 1.165) is 19.3 Å². The molecule has 0 amide bonds. The van der Waals surface area contributed by atoms with Crippen LogP contribution in [0, 0.1) is 31.9 Å². The maximum atomic E-state index is 3.43. The lowest BCUT2D eigenvalue weighted by Gasteiger charge is -2.26. The molecule has 0 N–H and O–H groups in total. The van der Waals surface area contributed by atoms with Crippen LogP contribution in [-0.4, -0.2) is 0 Å². The molecule has 0 heterocycles. The van der Waals surface area contributed by atoms with E-state index in [1.807, 2.05) is 0 Å². The van der Waals surface area contributed by atoms with Gasteiger partial charge in [-0.15, -0.1) is 0 Å². The Morgan fingerprint density at radius 2 is 1.85 bits per heavy atom. The van der Waals surface area contributed by atoms with Crippen LogP contribution in [0.3, 0.4) is 0 Å². The zero-order chi connectivity index (χ0) is 17.7. The predicted molar refractivity (Wildman–Crippen MR) is 111 cm³/mol. The summed E-state index contributed by atoms with van der Waals surface area (Å²) in [6, 6.07) is 8.92. The van der Waals surface area contributed by atoms with Crippen LogP contribution in [0.5, 0.6) is 0 Å². The number of fused-ring (bicyclic) bond motifs is 3. The minimum Gasteiger partial charge on any atom is -0.0839 e. The Morgan fingerprint density at radius 1 is 1.04 bits per heavy atom. The zero-order valence-electron chi connectivity index (χ0n) is 15.7. The maximum absolute atomic E-state index is 3.43. The molecule has 0 saturated carbocycles. The van der Waals surface area contributed by atoms with Gasteiger partial charge >= 0.3 is 0 Å². The molecule has 0 fully saturated rings. The van der Waals surface area contributed by atoms with Crippen LogP contribution in [0.15, 0.2) is 35.9 Å². The first-order valence-corrected chi connectivity index (χ1v) is 9.87. The standard InChI is InChI=1S/C26H24/c1-17-22-10-5-6-11-23(22)18(2)26-24(17)12-7-13-25(26)21-15-14-19-8-3-4-9-20(19)16-21/h3-4,9-11,13,16,19H,5-6,8,14-15H2,1-2H3. The fourth-order valence-electron chi connectivity index (χ4n) is 4.99. The van der Waals surface area contributed by atoms with Crippen LogP contribution in [0.25, 0.3) is 28.5 Å². The molecule has 1 unspecified atom stereocenters. The summed E-state index contributed by atoms with van der Waals surface area (Å²) in [7, 11) is 0. The van der Waals surface area contributed by atoms with E-state index < -0.39 is 0 Å². The van der Waals surface area contributed by atoms with Crippen LogP contribution in [-0.2, 0) is 0 Å². The first-order valence-electron chi connectivity index (χ1n) is 9.87. The minimum atomic E-state index is 0.716. The summed E-state index contributed by atoms with van der Waals surface area (Å²) in [6.07, 6.45) is 20.0. The second kappa shape index (κ2) is 6.03. The second-order valence-corrected chi connectivity index (χ2v) is 7.88. The smallest absolute Gasteiger partial charge is 0.0365 e. The van der Waals surface area contributed by atoms with E-state index in [4.69, 9.17) is 0 Å². The summed E-state index contributed by atoms with van der Waals surface area (Å²) in [5, 5.41) is 5.51. The summed E-state index contributed by atoms with van der Waals surface area (Å²) in [4.78, 5) is 0. The molecule has 26 heavy (non-hydrogen) atoms. The molecule has 5 rings (SSSR count). The van der Waals surface area contributed by atoms with Gasteiger partial charge < -0.3 is 0 Å². The molecule has 0 radical (unpaired) electrons. The molecule has 0 aliphatic heterocycles. The summed E-state index contributed by atoms with van der Waals surface area (Å²) >= 11 is 0. The Kier molecular flexibility index (Phi) is 3.64. The number of hydrogen-bond acceptors (Lipinski definition) is 0. The largest absolute Gasteiger partial charge is 0.0839 e. The Hall–Kier alpha value is -2.52. The van der Waals surface area contributed by atoms with Crippen LogP contribution in [0.1, 0.15) is 48.8 Å². The molecule has 2 aromatic carbocycles. The van der Waals surface area contributed by atoms with E-state index >= 15 is 0 Å². The van der Waals surface area contributed by atoms with Gasteiger partial charge in [0.15, 0.2) is 0 Å². The number of aryl methyl sites for hydroxylation is 2. The third kappa shape index (κ3) is 2.31. The lowest BCUT2D eigenvalue weighted by atomic mass is 9.78. The van der Waals surface area contributed by atoms with Gasteiger partial charge in [-0.05, 0) is 96.2 Å². The van der Waals surface area contributed by atoms with Crippen LogP contribution < -0.4 is 10.4 Å². The lowest BCUT2D eigenvalue weighted by molar-refractivity contribution is 0.572. The molecular weight excluding hydrogens is 312 g/mol. The molecule has 0 nitrogen and oxygen atoms in total. The molecule has 3 aliphatic rings. The van der Waals surface area contributed by atoms with Crippen molar-refractivity contribution in [3.8, 4) is 0 Å². The molecule has 1 atom stereocenters. The fraction of sp³-hybridized carbons (Fsp3) is 0.308. The first kappa shape index (κ1) is 15.7. The highest BCUT2D eigenvalue weighted by Gasteiger charge is 2.22. The van der Waals surface area contributed by atoms with Crippen molar-refractivity contribution in [2.24, 2.45) is 5.92 Å². The van der Waals surface area contributed by atoms with Gasteiger partial charge in [0.2, 0.25) is 0 Å². The third-order valence-electron chi connectivity index (χ3n) is 6.41. The van der Waals surface area contributed by atoms with Gasteiger partial charge in [-0.1, -0.05) is 48.6 Å². The lowest BCUT2D eigenvalue weighted by Crippen LogP contribution is -2.32. The van der Waals surface area contributed by atoms with Gasteiger partial charge in [0.25, 0.3) is 0 Å². The van der Waals surface area contributed by atoms with E-state index in [1.165, 1.54) is 61.9 Å². The van der Waals surface area contributed by atoms with Crippen LogP contribution >= 0.6 is 0 Å². The van der Waals surface area contributed by atoms with E-state index in [0.29, 0.717) is 5.92 Å². The Bertz CT molecular complexity index is 1120. The topological polar surface area (TPSA) is 0 Å². The van der Waals surface area contributed by atoms with E-state index in [-0.39, 0.29) is 0 Å². The molecule has 0 spiro atoms. The van der Waals surface area contributed by atoms with Crippen LogP contribution in [0.2, 0.25) is 0 Å². The van der Waals surface area contributed by atoms with E-state index in [2.05, 4.69) is 68.5 Å². The number of benzene rings is 1. The average molecular weight is 336 g/mol. The first-order chi connectivity index (χ1) is 12.7. The SMILES string of the molecule is Cc1c2c(c(C)c3c(C4=CC5=CC=CCC5CC4)cc#cc13)=CCCC=2. The summed E-state index contributed by atoms with van der Waals surface area (Å²) < 4.78 is 0. The molecule has 0 bridgehead atoms. The van der Waals surface area contributed by atoms with Crippen molar-refractivity contribution >= 4 is 28.5 Å². The van der Waals surface area contributed by atoms with Gasteiger partial charge in [-0.2, -0.15) is 0 Å². The van der Waals surface area contributed by atoms with Crippen molar-refractivity contribution in [1.29, 1.82) is 0 Å². The Balaban J connectivity index is 1.81. The molecule has 0 saturated heterocycles. The number of allylic oxidation sites excluding steroid dienone is 6. The van der Waals surface area contributed by atoms with Gasteiger partial charge in [-0.25, -0.2) is 0 Å². The van der Waals surface area contributed by atoms with Crippen molar-refractivity contribution in [2.45, 2.75) is 46.0 Å². The molecule has 2 aromatic rings. The number of rotatable bonds is 1. The van der Waals surface area contributed by atoms with Crippen molar-refractivity contribution in [2.75, 3.05) is 0 Å². The van der Waals surface area contributed by atoms with Gasteiger partial charge in [0.05, 0.1) is 0 Å². The van der Waals surface area contributed by atoms with Crippen molar-refractivity contribution in [1.82, 2.24) is 0 Å². The quantitative estimate of drug-likeness (QED) is 0.680. The van der Waals surface area contributed by atoms with Gasteiger partial charge in [-0.3, -0.25) is 0 Å². The highest BCUT2D eigenvalue weighted by Crippen LogP contribution is 2.39. The van der Waals surface area contributed by atoms with E-state index in [1.54, 1.807) is 0 Å². The minimum absolute atomic E-state index is 0.716. The van der Waals surface area contributed by atoms with Crippen molar-refractivity contribution in [3.05, 3.63) is 75.2 Å². The monoisotopic (exact) mass is 336 g/mol. The van der Waals surface area contributed by atoms with Crippen molar-refractivity contribution in [3.63, 3.8) is 0 Å². The third-order valence-corrected chi connectivity index (χ3v) is 6.41. The van der Waals surface area contributed by atoms with Gasteiger partial charge in [0.1, 0.15) is 0 Å².